The Morgan fingerprint density at radius 1 is 1.44 bits per heavy atom. The van der Waals surface area contributed by atoms with Crippen LogP contribution in [0, 0.1) is 12.3 Å². The molecule has 1 aliphatic rings. The lowest BCUT2D eigenvalue weighted by Gasteiger charge is -2.17. The van der Waals surface area contributed by atoms with Gasteiger partial charge >= 0.3 is 0 Å². The van der Waals surface area contributed by atoms with Gasteiger partial charge in [0.1, 0.15) is 0 Å². The molecule has 4 heteroatoms. The van der Waals surface area contributed by atoms with Crippen LogP contribution in [-0.4, -0.2) is 11.8 Å². The number of terminal acetylenes is 1. The molecule has 0 radical (unpaired) electrons. The number of anilines is 2. The summed E-state index contributed by atoms with van der Waals surface area (Å²) in [5.41, 5.74) is 2.40. The third-order valence-corrected chi connectivity index (χ3v) is 2.39. The van der Waals surface area contributed by atoms with Crippen LogP contribution < -0.4 is 10.6 Å². The Morgan fingerprint density at radius 2 is 2.25 bits per heavy atom. The van der Waals surface area contributed by atoms with Gasteiger partial charge < -0.3 is 10.6 Å². The standard InChI is InChI=1S/C12H10N2O2/c1-2-11(15)13-9-5-3-8-4-6-12(16)14-10(8)7-9/h1,3,5,7H,4,6H2,(H,13,15)(H,14,16). The molecule has 2 amide bonds. The van der Waals surface area contributed by atoms with Gasteiger partial charge in [-0.15, -0.1) is 6.42 Å². The van der Waals surface area contributed by atoms with Crippen LogP contribution in [0.4, 0.5) is 11.4 Å². The van der Waals surface area contributed by atoms with Gasteiger partial charge in [0.15, 0.2) is 0 Å². The highest BCUT2D eigenvalue weighted by atomic mass is 16.2. The molecule has 0 saturated carbocycles. The van der Waals surface area contributed by atoms with E-state index in [1.807, 2.05) is 12.0 Å². The fraction of sp³-hybridized carbons (Fsp3) is 0.167. The zero-order chi connectivity index (χ0) is 11.5. The van der Waals surface area contributed by atoms with Crippen molar-refractivity contribution in [2.24, 2.45) is 0 Å². The van der Waals surface area contributed by atoms with Crippen LogP contribution in [0.15, 0.2) is 18.2 Å². The number of hydrogen-bond acceptors (Lipinski definition) is 2. The number of amides is 2. The van der Waals surface area contributed by atoms with Crippen LogP contribution in [0.25, 0.3) is 0 Å². The summed E-state index contributed by atoms with van der Waals surface area (Å²) in [4.78, 5) is 22.2. The van der Waals surface area contributed by atoms with Crippen molar-refractivity contribution in [3.05, 3.63) is 23.8 Å². The third-order valence-electron chi connectivity index (χ3n) is 2.39. The molecule has 0 unspecified atom stereocenters. The van der Waals surface area contributed by atoms with Gasteiger partial charge in [0, 0.05) is 17.8 Å². The van der Waals surface area contributed by atoms with Crippen molar-refractivity contribution in [2.45, 2.75) is 12.8 Å². The number of carbonyl (C=O) groups excluding carboxylic acids is 2. The molecule has 0 atom stereocenters. The Bertz CT molecular complexity index is 500. The molecule has 0 aliphatic carbocycles. The second kappa shape index (κ2) is 4.07. The fourth-order valence-electron chi connectivity index (χ4n) is 1.62. The average molecular weight is 214 g/mol. The van der Waals surface area contributed by atoms with Crippen LogP contribution in [0.1, 0.15) is 12.0 Å². The largest absolute Gasteiger partial charge is 0.326 e. The highest BCUT2D eigenvalue weighted by Gasteiger charge is 2.14. The van der Waals surface area contributed by atoms with E-state index in [2.05, 4.69) is 10.6 Å². The number of aryl methyl sites for hydroxylation is 1. The minimum atomic E-state index is -0.498. The van der Waals surface area contributed by atoms with Crippen molar-refractivity contribution in [1.82, 2.24) is 0 Å². The maximum Gasteiger partial charge on any atom is 0.300 e. The predicted octanol–water partition coefficient (Wildman–Crippen LogP) is 1.14. The highest BCUT2D eigenvalue weighted by Crippen LogP contribution is 2.25. The number of benzene rings is 1. The Kier molecular flexibility index (Phi) is 2.61. The summed E-state index contributed by atoms with van der Waals surface area (Å²) in [6.45, 7) is 0. The van der Waals surface area contributed by atoms with E-state index < -0.39 is 5.91 Å². The van der Waals surface area contributed by atoms with Gasteiger partial charge in [-0.2, -0.15) is 0 Å². The van der Waals surface area contributed by atoms with Crippen LogP contribution in [-0.2, 0) is 16.0 Å². The van der Waals surface area contributed by atoms with Crippen LogP contribution in [0.2, 0.25) is 0 Å². The Hall–Kier alpha value is -2.28. The molecule has 2 N–H and O–H groups in total. The maximum absolute atomic E-state index is 11.2. The molecule has 2 rings (SSSR count). The average Bonchev–Trinajstić information content (AvgIpc) is 2.28. The molecular weight excluding hydrogens is 204 g/mol. The minimum absolute atomic E-state index is 0.00655. The van der Waals surface area contributed by atoms with E-state index in [0.717, 1.165) is 17.7 Å². The lowest BCUT2D eigenvalue weighted by atomic mass is 10.0. The van der Waals surface area contributed by atoms with E-state index in [-0.39, 0.29) is 5.91 Å². The number of hydrogen-bond donors (Lipinski definition) is 2. The van der Waals surface area contributed by atoms with E-state index in [1.54, 1.807) is 12.1 Å². The Balaban J connectivity index is 2.25. The van der Waals surface area contributed by atoms with Crippen molar-refractivity contribution < 1.29 is 9.59 Å². The molecule has 16 heavy (non-hydrogen) atoms. The van der Waals surface area contributed by atoms with E-state index in [0.29, 0.717) is 12.1 Å². The normalized spacial score (nSPS) is 13.3. The molecule has 1 aromatic rings. The summed E-state index contributed by atoms with van der Waals surface area (Å²) >= 11 is 0. The quantitative estimate of drug-likeness (QED) is 0.689. The second-order valence-electron chi connectivity index (χ2n) is 3.52. The first-order valence-electron chi connectivity index (χ1n) is 4.89. The zero-order valence-corrected chi connectivity index (χ0v) is 8.54. The van der Waals surface area contributed by atoms with E-state index in [9.17, 15) is 9.59 Å². The van der Waals surface area contributed by atoms with E-state index >= 15 is 0 Å². The molecular formula is C12H10N2O2. The predicted molar refractivity (Wildman–Crippen MR) is 60.9 cm³/mol. The van der Waals surface area contributed by atoms with Gasteiger partial charge in [0.2, 0.25) is 5.91 Å². The third kappa shape index (κ3) is 2.04. The molecule has 0 spiro atoms. The first kappa shape index (κ1) is 10.2. The van der Waals surface area contributed by atoms with Gasteiger partial charge in [-0.3, -0.25) is 9.59 Å². The molecule has 4 nitrogen and oxygen atoms in total. The lowest BCUT2D eigenvalue weighted by molar-refractivity contribution is -0.116. The molecule has 80 valence electrons. The van der Waals surface area contributed by atoms with Gasteiger partial charge in [0.25, 0.3) is 5.91 Å². The molecule has 0 saturated heterocycles. The van der Waals surface area contributed by atoms with Gasteiger partial charge in [-0.1, -0.05) is 6.07 Å². The summed E-state index contributed by atoms with van der Waals surface area (Å²) in [5, 5.41) is 5.28. The summed E-state index contributed by atoms with van der Waals surface area (Å²) in [6.07, 6.45) is 6.18. The fourth-order valence-corrected chi connectivity index (χ4v) is 1.62. The molecule has 1 heterocycles. The Morgan fingerprint density at radius 3 is 3.00 bits per heavy atom. The number of fused-ring (bicyclic) bond motifs is 1. The van der Waals surface area contributed by atoms with Gasteiger partial charge in [-0.25, -0.2) is 0 Å². The summed E-state index contributed by atoms with van der Waals surface area (Å²) < 4.78 is 0. The molecule has 1 aromatic carbocycles. The highest BCUT2D eigenvalue weighted by molar-refractivity contribution is 6.04. The monoisotopic (exact) mass is 214 g/mol. The number of nitrogens with one attached hydrogen (secondary N) is 2. The van der Waals surface area contributed by atoms with E-state index in [4.69, 9.17) is 6.42 Å². The molecule has 1 aliphatic heterocycles. The summed E-state index contributed by atoms with van der Waals surface area (Å²) in [6, 6.07) is 5.36. The van der Waals surface area contributed by atoms with Crippen molar-refractivity contribution in [1.29, 1.82) is 0 Å². The first-order chi connectivity index (χ1) is 7.69. The minimum Gasteiger partial charge on any atom is -0.326 e. The molecule has 0 aromatic heterocycles. The number of rotatable bonds is 1. The van der Waals surface area contributed by atoms with Gasteiger partial charge in [0.05, 0.1) is 0 Å². The summed E-state index contributed by atoms with van der Waals surface area (Å²) in [7, 11) is 0. The smallest absolute Gasteiger partial charge is 0.300 e. The van der Waals surface area contributed by atoms with Crippen molar-refractivity contribution in [2.75, 3.05) is 10.6 Å². The topological polar surface area (TPSA) is 58.2 Å². The van der Waals surface area contributed by atoms with Crippen LogP contribution in [0.3, 0.4) is 0 Å². The molecule has 0 bridgehead atoms. The van der Waals surface area contributed by atoms with Gasteiger partial charge in [-0.05, 0) is 30.0 Å². The molecule has 0 fully saturated rings. The van der Waals surface area contributed by atoms with E-state index in [1.165, 1.54) is 0 Å². The van der Waals surface area contributed by atoms with Crippen molar-refractivity contribution in [3.8, 4) is 12.3 Å². The lowest BCUT2D eigenvalue weighted by Crippen LogP contribution is -2.19. The second-order valence-corrected chi connectivity index (χ2v) is 3.52. The summed E-state index contributed by atoms with van der Waals surface area (Å²) in [5.74, 6) is 1.46. The number of carbonyl (C=O) groups is 2. The van der Waals surface area contributed by atoms with Crippen molar-refractivity contribution in [3.63, 3.8) is 0 Å². The zero-order valence-electron chi connectivity index (χ0n) is 8.54. The first-order valence-corrected chi connectivity index (χ1v) is 4.89. The SMILES string of the molecule is C#CC(=O)Nc1ccc2c(c1)NC(=O)CC2. The van der Waals surface area contributed by atoms with Crippen LogP contribution >= 0.6 is 0 Å². The van der Waals surface area contributed by atoms with Crippen molar-refractivity contribution >= 4 is 23.2 Å². The maximum atomic E-state index is 11.2. The Labute approximate surface area is 93.0 Å². The van der Waals surface area contributed by atoms with Crippen LogP contribution in [0.5, 0.6) is 0 Å².